The fraction of sp³-hybridized carbons (Fsp3) is 0.200. The average molecular weight is 440 g/mol. The summed E-state index contributed by atoms with van der Waals surface area (Å²) in [5.41, 5.74) is 4.07. The number of carbonyl (C=O) groups is 1. The van der Waals surface area contributed by atoms with Crippen LogP contribution in [0.15, 0.2) is 73.1 Å². The number of aromatic nitrogens is 4. The molecule has 0 N–H and O–H groups in total. The molecule has 2 aromatic carbocycles. The zero-order valence-electron chi connectivity index (χ0n) is 17.4. The van der Waals surface area contributed by atoms with Gasteiger partial charge in [-0.3, -0.25) is 4.79 Å². The molecule has 5 aromatic rings. The molecule has 32 heavy (non-hydrogen) atoms. The average Bonchev–Trinajstić information content (AvgIpc) is 3.48. The standard InChI is InChI=1S/C25H21N5OS/c31-25(18-16-27-30-20(13-14-26-23(18)30)17-8-2-1-3-9-17)29-15-7-6-11-21(29)24-28-19-10-4-5-12-22(19)32-24/h1-5,8-10,12-14,16,21H,6-7,11,15H2. The van der Waals surface area contributed by atoms with Gasteiger partial charge in [0.1, 0.15) is 10.6 Å². The van der Waals surface area contributed by atoms with E-state index in [0.29, 0.717) is 11.2 Å². The summed E-state index contributed by atoms with van der Waals surface area (Å²) < 4.78 is 2.92. The number of rotatable bonds is 3. The van der Waals surface area contributed by atoms with Gasteiger partial charge < -0.3 is 4.90 Å². The first-order valence-corrected chi connectivity index (χ1v) is 11.7. The van der Waals surface area contributed by atoms with E-state index in [4.69, 9.17) is 4.98 Å². The third-order valence-electron chi connectivity index (χ3n) is 6.06. The maximum Gasteiger partial charge on any atom is 0.259 e. The second kappa shape index (κ2) is 7.84. The largest absolute Gasteiger partial charge is 0.329 e. The highest BCUT2D eigenvalue weighted by Crippen LogP contribution is 2.36. The molecule has 3 aromatic heterocycles. The van der Waals surface area contributed by atoms with Crippen LogP contribution in [-0.4, -0.2) is 36.9 Å². The molecule has 0 spiro atoms. The van der Waals surface area contributed by atoms with E-state index in [1.807, 2.05) is 59.5 Å². The number of fused-ring (bicyclic) bond motifs is 2. The van der Waals surface area contributed by atoms with E-state index in [-0.39, 0.29) is 11.9 Å². The first kappa shape index (κ1) is 19.1. The lowest BCUT2D eigenvalue weighted by atomic mass is 10.0. The number of piperidine rings is 1. The normalized spacial score (nSPS) is 16.6. The Hall–Kier alpha value is -3.58. The third-order valence-corrected chi connectivity index (χ3v) is 7.20. The van der Waals surface area contributed by atoms with Crippen LogP contribution in [0.5, 0.6) is 0 Å². The predicted octanol–water partition coefficient (Wildman–Crippen LogP) is 5.37. The molecule has 4 heterocycles. The number of nitrogens with zero attached hydrogens (tertiary/aromatic N) is 5. The van der Waals surface area contributed by atoms with Gasteiger partial charge in [-0.1, -0.05) is 42.5 Å². The van der Waals surface area contributed by atoms with Gasteiger partial charge in [0.2, 0.25) is 0 Å². The minimum absolute atomic E-state index is 0.0131. The Morgan fingerprint density at radius 3 is 2.72 bits per heavy atom. The van der Waals surface area contributed by atoms with Crippen LogP contribution in [0.4, 0.5) is 0 Å². The number of hydrogen-bond donors (Lipinski definition) is 0. The van der Waals surface area contributed by atoms with Crippen molar-refractivity contribution in [2.45, 2.75) is 25.3 Å². The number of benzene rings is 2. The van der Waals surface area contributed by atoms with E-state index in [9.17, 15) is 4.79 Å². The fourth-order valence-electron chi connectivity index (χ4n) is 4.49. The summed E-state index contributed by atoms with van der Waals surface area (Å²) in [7, 11) is 0. The monoisotopic (exact) mass is 439 g/mol. The molecular weight excluding hydrogens is 418 g/mol. The number of likely N-dealkylation sites (tertiary alicyclic amines) is 1. The van der Waals surface area contributed by atoms with Crippen molar-refractivity contribution in [3.05, 3.63) is 83.6 Å². The lowest BCUT2D eigenvalue weighted by Crippen LogP contribution is -2.38. The highest BCUT2D eigenvalue weighted by atomic mass is 32.1. The van der Waals surface area contributed by atoms with Crippen molar-refractivity contribution in [2.24, 2.45) is 0 Å². The quantitative estimate of drug-likeness (QED) is 0.379. The Morgan fingerprint density at radius 2 is 1.84 bits per heavy atom. The molecule has 1 aliphatic rings. The van der Waals surface area contributed by atoms with Crippen LogP contribution in [0, 0.1) is 0 Å². The second-order valence-electron chi connectivity index (χ2n) is 8.02. The van der Waals surface area contributed by atoms with Gasteiger partial charge in [0, 0.05) is 18.3 Å². The minimum atomic E-state index is -0.0262. The summed E-state index contributed by atoms with van der Waals surface area (Å²) >= 11 is 1.68. The summed E-state index contributed by atoms with van der Waals surface area (Å²) in [5.74, 6) is -0.0262. The van der Waals surface area contributed by atoms with Gasteiger partial charge in [0.05, 0.1) is 28.1 Å². The molecule has 6 nitrogen and oxygen atoms in total. The van der Waals surface area contributed by atoms with E-state index in [1.165, 1.54) is 0 Å². The molecule has 7 heteroatoms. The van der Waals surface area contributed by atoms with Crippen molar-refractivity contribution in [2.75, 3.05) is 6.54 Å². The van der Waals surface area contributed by atoms with Gasteiger partial charge in [0.25, 0.3) is 5.91 Å². The lowest BCUT2D eigenvalue weighted by molar-refractivity contribution is 0.0613. The molecule has 1 saturated heterocycles. The number of amides is 1. The number of thiazole rings is 1. The van der Waals surface area contributed by atoms with Gasteiger partial charge in [-0.25, -0.2) is 14.5 Å². The van der Waals surface area contributed by atoms with Crippen molar-refractivity contribution in [3.63, 3.8) is 0 Å². The zero-order chi connectivity index (χ0) is 21.5. The lowest BCUT2D eigenvalue weighted by Gasteiger charge is -2.34. The highest BCUT2D eigenvalue weighted by Gasteiger charge is 2.32. The van der Waals surface area contributed by atoms with Crippen LogP contribution in [0.25, 0.3) is 27.1 Å². The molecule has 0 aliphatic carbocycles. The molecule has 0 bridgehead atoms. The summed E-state index contributed by atoms with van der Waals surface area (Å²) in [6.45, 7) is 0.717. The van der Waals surface area contributed by atoms with Gasteiger partial charge >= 0.3 is 0 Å². The topological polar surface area (TPSA) is 63.4 Å². The van der Waals surface area contributed by atoms with Crippen LogP contribution < -0.4 is 0 Å². The van der Waals surface area contributed by atoms with Crippen molar-refractivity contribution in [1.82, 2.24) is 24.5 Å². The van der Waals surface area contributed by atoms with Gasteiger partial charge in [0.15, 0.2) is 5.65 Å². The number of para-hydroxylation sites is 1. The molecule has 1 atom stereocenters. The van der Waals surface area contributed by atoms with E-state index in [2.05, 4.69) is 16.1 Å². The van der Waals surface area contributed by atoms with E-state index >= 15 is 0 Å². The van der Waals surface area contributed by atoms with Crippen molar-refractivity contribution in [3.8, 4) is 11.3 Å². The molecule has 0 saturated carbocycles. The van der Waals surface area contributed by atoms with E-state index in [1.54, 1.807) is 28.2 Å². The molecular formula is C25H21N5OS. The van der Waals surface area contributed by atoms with Crippen LogP contribution >= 0.6 is 11.3 Å². The fourth-order valence-corrected chi connectivity index (χ4v) is 5.60. The Kier molecular flexibility index (Phi) is 4.69. The summed E-state index contributed by atoms with van der Waals surface area (Å²) in [4.78, 5) is 25.1. The maximum atomic E-state index is 13.7. The minimum Gasteiger partial charge on any atom is -0.329 e. The third kappa shape index (κ3) is 3.17. The summed E-state index contributed by atoms with van der Waals surface area (Å²) in [6.07, 6.45) is 6.41. The van der Waals surface area contributed by atoms with Crippen molar-refractivity contribution in [1.29, 1.82) is 0 Å². The zero-order valence-corrected chi connectivity index (χ0v) is 18.2. The molecule has 6 rings (SSSR count). The Morgan fingerprint density at radius 1 is 1.00 bits per heavy atom. The summed E-state index contributed by atoms with van der Waals surface area (Å²) in [6, 6.07) is 20.1. The molecule has 1 amide bonds. The first-order chi connectivity index (χ1) is 15.8. The van der Waals surface area contributed by atoms with Crippen molar-refractivity contribution < 1.29 is 4.79 Å². The van der Waals surface area contributed by atoms with Gasteiger partial charge in [-0.2, -0.15) is 5.10 Å². The van der Waals surface area contributed by atoms with Crippen LogP contribution in [0.1, 0.15) is 40.7 Å². The predicted molar refractivity (Wildman–Crippen MR) is 126 cm³/mol. The van der Waals surface area contributed by atoms with E-state index < -0.39 is 0 Å². The van der Waals surface area contributed by atoms with Crippen LogP contribution in [-0.2, 0) is 0 Å². The number of hydrogen-bond acceptors (Lipinski definition) is 5. The molecule has 1 fully saturated rings. The molecule has 0 radical (unpaired) electrons. The Bertz CT molecular complexity index is 1390. The Balaban J connectivity index is 1.39. The van der Waals surface area contributed by atoms with Crippen molar-refractivity contribution >= 4 is 33.1 Å². The highest BCUT2D eigenvalue weighted by molar-refractivity contribution is 7.18. The maximum absolute atomic E-state index is 13.7. The summed E-state index contributed by atoms with van der Waals surface area (Å²) in [5, 5.41) is 5.55. The van der Waals surface area contributed by atoms with Crippen LogP contribution in [0.2, 0.25) is 0 Å². The molecule has 1 aliphatic heterocycles. The van der Waals surface area contributed by atoms with E-state index in [0.717, 1.165) is 52.3 Å². The second-order valence-corrected chi connectivity index (χ2v) is 9.08. The number of carbonyl (C=O) groups excluding carboxylic acids is 1. The van der Waals surface area contributed by atoms with Gasteiger partial charge in [-0.15, -0.1) is 11.3 Å². The van der Waals surface area contributed by atoms with Crippen LogP contribution in [0.3, 0.4) is 0 Å². The smallest absolute Gasteiger partial charge is 0.259 e. The Labute approximate surface area is 189 Å². The first-order valence-electron chi connectivity index (χ1n) is 10.8. The molecule has 1 unspecified atom stereocenters. The SMILES string of the molecule is O=C(c1cnn2c(-c3ccccc3)ccnc12)N1CCCCC1c1nc2ccccc2s1. The molecule has 158 valence electrons. The van der Waals surface area contributed by atoms with Gasteiger partial charge in [-0.05, 0) is 37.5 Å².